The Balaban J connectivity index is 2.06. The number of rotatable bonds is 1. The van der Waals surface area contributed by atoms with Crippen LogP contribution in [0.2, 0.25) is 0 Å². The first-order chi connectivity index (χ1) is 6.58. The summed E-state index contributed by atoms with van der Waals surface area (Å²) in [6, 6.07) is 0.517. The summed E-state index contributed by atoms with van der Waals surface area (Å²) in [5.41, 5.74) is 0. The van der Waals surface area contributed by atoms with Gasteiger partial charge in [0.15, 0.2) is 9.84 Å². The molecule has 2 aliphatic heterocycles. The third-order valence-electron chi connectivity index (χ3n) is 2.89. The highest BCUT2D eigenvalue weighted by molar-refractivity contribution is 7.94. The van der Waals surface area contributed by atoms with Gasteiger partial charge in [-0.15, -0.1) is 0 Å². The summed E-state index contributed by atoms with van der Waals surface area (Å²) >= 11 is 0. The predicted molar refractivity (Wildman–Crippen MR) is 55.8 cm³/mol. The molecule has 4 nitrogen and oxygen atoms in total. The first kappa shape index (κ1) is 10.1. The summed E-state index contributed by atoms with van der Waals surface area (Å²) in [4.78, 5) is 2.26. The smallest absolute Gasteiger partial charge is 0.173 e. The van der Waals surface area contributed by atoms with Gasteiger partial charge in [0, 0.05) is 37.1 Å². The Morgan fingerprint density at radius 1 is 1.50 bits per heavy atom. The van der Waals surface area contributed by atoms with Crippen LogP contribution in [0.25, 0.3) is 0 Å². The number of hydrogen-bond acceptors (Lipinski definition) is 4. The van der Waals surface area contributed by atoms with Gasteiger partial charge in [-0.2, -0.15) is 0 Å². The Labute approximate surface area is 84.9 Å². The van der Waals surface area contributed by atoms with E-state index >= 15 is 0 Å². The lowest BCUT2D eigenvalue weighted by Crippen LogP contribution is -2.54. The Hall–Kier alpha value is -0.390. The standard InChI is InChI=1S/C9H16N2O2S/c1-8-6-10-3-4-11(8)9-2-5-14(12,13)7-9/h2,5,8-10H,3-4,6-7H2,1H3. The molecule has 0 radical (unpaired) electrons. The van der Waals surface area contributed by atoms with Crippen LogP contribution < -0.4 is 5.32 Å². The molecule has 0 aromatic heterocycles. The van der Waals surface area contributed by atoms with Crippen molar-refractivity contribution in [2.75, 3.05) is 25.4 Å². The number of nitrogens with zero attached hydrogens (tertiary/aromatic N) is 1. The lowest BCUT2D eigenvalue weighted by Gasteiger charge is -2.37. The van der Waals surface area contributed by atoms with Crippen molar-refractivity contribution in [3.8, 4) is 0 Å². The van der Waals surface area contributed by atoms with Gasteiger partial charge in [-0.25, -0.2) is 8.42 Å². The van der Waals surface area contributed by atoms with Gasteiger partial charge in [0.1, 0.15) is 0 Å². The Morgan fingerprint density at radius 3 is 2.86 bits per heavy atom. The molecule has 0 amide bonds. The number of nitrogens with one attached hydrogen (secondary N) is 1. The predicted octanol–water partition coefficient (Wildman–Crippen LogP) is -0.409. The zero-order chi connectivity index (χ0) is 10.2. The van der Waals surface area contributed by atoms with Crippen molar-refractivity contribution in [3.63, 3.8) is 0 Å². The van der Waals surface area contributed by atoms with E-state index in [1.807, 2.05) is 6.08 Å². The van der Waals surface area contributed by atoms with Crippen LogP contribution in [0.5, 0.6) is 0 Å². The van der Waals surface area contributed by atoms with Crippen LogP contribution in [0.3, 0.4) is 0 Å². The molecule has 0 bridgehead atoms. The van der Waals surface area contributed by atoms with E-state index < -0.39 is 9.84 Å². The molecule has 1 N–H and O–H groups in total. The van der Waals surface area contributed by atoms with Gasteiger partial charge in [0.2, 0.25) is 0 Å². The zero-order valence-electron chi connectivity index (χ0n) is 8.31. The maximum atomic E-state index is 11.3. The number of hydrogen-bond donors (Lipinski definition) is 1. The molecule has 1 fully saturated rings. The summed E-state index contributed by atoms with van der Waals surface area (Å²) in [6.45, 7) is 4.97. The normalized spacial score (nSPS) is 37.5. The third kappa shape index (κ3) is 1.99. The van der Waals surface area contributed by atoms with Crippen LogP contribution in [-0.4, -0.2) is 50.8 Å². The third-order valence-corrected chi connectivity index (χ3v) is 4.27. The highest BCUT2D eigenvalue weighted by Gasteiger charge is 2.30. The van der Waals surface area contributed by atoms with E-state index in [1.165, 1.54) is 5.41 Å². The van der Waals surface area contributed by atoms with E-state index in [-0.39, 0.29) is 11.8 Å². The molecule has 2 aliphatic rings. The second kappa shape index (κ2) is 3.64. The van der Waals surface area contributed by atoms with Crippen LogP contribution in [0, 0.1) is 0 Å². The van der Waals surface area contributed by atoms with Gasteiger partial charge in [-0.3, -0.25) is 4.90 Å². The van der Waals surface area contributed by atoms with Crippen molar-refractivity contribution in [2.45, 2.75) is 19.0 Å². The molecule has 0 aromatic rings. The van der Waals surface area contributed by atoms with E-state index in [2.05, 4.69) is 17.1 Å². The van der Waals surface area contributed by atoms with E-state index in [4.69, 9.17) is 0 Å². The van der Waals surface area contributed by atoms with Gasteiger partial charge < -0.3 is 5.32 Å². The SMILES string of the molecule is CC1CNCCN1C1C=CS(=O)(=O)C1. The molecule has 2 heterocycles. The molecule has 0 spiro atoms. The molecule has 80 valence electrons. The molecule has 14 heavy (non-hydrogen) atoms. The molecule has 0 saturated carbocycles. The second-order valence-electron chi connectivity index (χ2n) is 4.02. The molecule has 2 rings (SSSR count). The van der Waals surface area contributed by atoms with Gasteiger partial charge in [-0.1, -0.05) is 6.08 Å². The highest BCUT2D eigenvalue weighted by Crippen LogP contribution is 2.17. The van der Waals surface area contributed by atoms with Crippen molar-refractivity contribution >= 4 is 9.84 Å². The molecule has 2 atom stereocenters. The Bertz CT molecular complexity index is 337. The first-order valence-electron chi connectivity index (χ1n) is 4.96. The lowest BCUT2D eigenvalue weighted by molar-refractivity contribution is 0.151. The average molecular weight is 216 g/mol. The summed E-state index contributed by atoms with van der Waals surface area (Å²) in [5.74, 6) is 0.261. The van der Waals surface area contributed by atoms with Crippen LogP contribution >= 0.6 is 0 Å². The quantitative estimate of drug-likeness (QED) is 0.647. The molecule has 0 aromatic carbocycles. The van der Waals surface area contributed by atoms with Crippen LogP contribution in [-0.2, 0) is 9.84 Å². The summed E-state index contributed by atoms with van der Waals surface area (Å²) in [5, 5.41) is 4.65. The van der Waals surface area contributed by atoms with Crippen LogP contribution in [0.4, 0.5) is 0 Å². The topological polar surface area (TPSA) is 49.4 Å². The molecule has 5 heteroatoms. The molecule has 2 unspecified atom stereocenters. The first-order valence-corrected chi connectivity index (χ1v) is 6.67. The fourth-order valence-corrected chi connectivity index (χ4v) is 3.43. The minimum Gasteiger partial charge on any atom is -0.314 e. The van der Waals surface area contributed by atoms with Crippen molar-refractivity contribution in [2.24, 2.45) is 0 Å². The van der Waals surface area contributed by atoms with Gasteiger partial charge in [-0.05, 0) is 6.92 Å². The maximum Gasteiger partial charge on any atom is 0.173 e. The molecular formula is C9H16N2O2S. The minimum atomic E-state index is -2.91. The van der Waals surface area contributed by atoms with E-state index in [9.17, 15) is 8.42 Å². The Kier molecular flexibility index (Phi) is 2.64. The second-order valence-corrected chi connectivity index (χ2v) is 5.95. The van der Waals surface area contributed by atoms with Crippen molar-refractivity contribution < 1.29 is 8.42 Å². The highest BCUT2D eigenvalue weighted by atomic mass is 32.2. The van der Waals surface area contributed by atoms with E-state index in [0.717, 1.165) is 19.6 Å². The van der Waals surface area contributed by atoms with Crippen LogP contribution in [0.15, 0.2) is 11.5 Å². The average Bonchev–Trinajstić information content (AvgIpc) is 2.47. The van der Waals surface area contributed by atoms with Crippen molar-refractivity contribution in [3.05, 3.63) is 11.5 Å². The molecule has 1 saturated heterocycles. The van der Waals surface area contributed by atoms with Crippen molar-refractivity contribution in [1.82, 2.24) is 10.2 Å². The number of sulfone groups is 1. The van der Waals surface area contributed by atoms with E-state index in [1.54, 1.807) is 0 Å². The van der Waals surface area contributed by atoms with Crippen LogP contribution in [0.1, 0.15) is 6.92 Å². The lowest BCUT2D eigenvalue weighted by atomic mass is 10.1. The fraction of sp³-hybridized carbons (Fsp3) is 0.778. The van der Waals surface area contributed by atoms with E-state index in [0.29, 0.717) is 6.04 Å². The summed E-state index contributed by atoms with van der Waals surface area (Å²) in [7, 11) is -2.91. The number of piperazine rings is 1. The zero-order valence-corrected chi connectivity index (χ0v) is 9.13. The fourth-order valence-electron chi connectivity index (χ4n) is 2.12. The van der Waals surface area contributed by atoms with Gasteiger partial charge in [0.25, 0.3) is 0 Å². The largest absolute Gasteiger partial charge is 0.314 e. The van der Waals surface area contributed by atoms with Gasteiger partial charge >= 0.3 is 0 Å². The molecular weight excluding hydrogens is 200 g/mol. The van der Waals surface area contributed by atoms with Gasteiger partial charge in [0.05, 0.1) is 5.75 Å². The minimum absolute atomic E-state index is 0.0945. The maximum absolute atomic E-state index is 11.3. The Morgan fingerprint density at radius 2 is 2.29 bits per heavy atom. The van der Waals surface area contributed by atoms with Crippen molar-refractivity contribution in [1.29, 1.82) is 0 Å². The summed E-state index contributed by atoms with van der Waals surface area (Å²) < 4.78 is 22.5. The molecule has 0 aliphatic carbocycles. The summed E-state index contributed by atoms with van der Waals surface area (Å²) in [6.07, 6.45) is 1.82. The monoisotopic (exact) mass is 216 g/mol.